The number of carbonyl (C=O) groups is 1. The summed E-state index contributed by atoms with van der Waals surface area (Å²) in [5, 5.41) is 2.91. The van der Waals surface area contributed by atoms with E-state index in [1.165, 1.54) is 0 Å². The van der Waals surface area contributed by atoms with Crippen molar-refractivity contribution in [1.82, 2.24) is 5.32 Å². The van der Waals surface area contributed by atoms with Gasteiger partial charge in [0.1, 0.15) is 6.04 Å². The van der Waals surface area contributed by atoms with Gasteiger partial charge in [0, 0.05) is 24.8 Å². The predicted molar refractivity (Wildman–Crippen MR) is 73.5 cm³/mol. The SMILES string of the molecule is CCC1C(=O)NCCN1c1ccc([C@H](C)N)cc1. The van der Waals surface area contributed by atoms with Gasteiger partial charge in [-0.2, -0.15) is 0 Å². The van der Waals surface area contributed by atoms with E-state index in [9.17, 15) is 4.79 Å². The molecule has 1 amide bonds. The molecule has 1 heterocycles. The van der Waals surface area contributed by atoms with E-state index in [0.29, 0.717) is 6.54 Å². The Hall–Kier alpha value is -1.55. The quantitative estimate of drug-likeness (QED) is 0.849. The Balaban J connectivity index is 2.21. The van der Waals surface area contributed by atoms with Crippen molar-refractivity contribution in [2.45, 2.75) is 32.4 Å². The van der Waals surface area contributed by atoms with Gasteiger partial charge in [0.15, 0.2) is 0 Å². The number of anilines is 1. The number of amides is 1. The largest absolute Gasteiger partial charge is 0.358 e. The first-order valence-electron chi connectivity index (χ1n) is 6.53. The van der Waals surface area contributed by atoms with Gasteiger partial charge in [0.05, 0.1) is 0 Å². The fraction of sp³-hybridized carbons (Fsp3) is 0.500. The average molecular weight is 247 g/mol. The highest BCUT2D eigenvalue weighted by atomic mass is 16.2. The van der Waals surface area contributed by atoms with Crippen molar-refractivity contribution >= 4 is 11.6 Å². The number of benzene rings is 1. The second kappa shape index (κ2) is 5.40. The lowest BCUT2D eigenvalue weighted by molar-refractivity contribution is -0.123. The molecule has 1 aromatic carbocycles. The van der Waals surface area contributed by atoms with E-state index in [1.807, 2.05) is 26.0 Å². The van der Waals surface area contributed by atoms with Crippen LogP contribution in [-0.4, -0.2) is 25.0 Å². The Bertz CT molecular complexity index is 414. The van der Waals surface area contributed by atoms with Crippen molar-refractivity contribution in [2.24, 2.45) is 5.73 Å². The fourth-order valence-electron chi connectivity index (χ4n) is 2.40. The van der Waals surface area contributed by atoms with Crippen LogP contribution in [0.5, 0.6) is 0 Å². The number of nitrogens with one attached hydrogen (secondary N) is 1. The lowest BCUT2D eigenvalue weighted by Crippen LogP contribution is -2.55. The molecule has 2 atom stereocenters. The first-order valence-corrected chi connectivity index (χ1v) is 6.53. The van der Waals surface area contributed by atoms with Crippen LogP contribution in [0.4, 0.5) is 5.69 Å². The van der Waals surface area contributed by atoms with Gasteiger partial charge in [0.25, 0.3) is 0 Å². The molecule has 0 saturated carbocycles. The zero-order chi connectivity index (χ0) is 13.1. The monoisotopic (exact) mass is 247 g/mol. The molecule has 98 valence electrons. The lowest BCUT2D eigenvalue weighted by atomic mass is 10.1. The third-order valence-corrected chi connectivity index (χ3v) is 3.47. The van der Waals surface area contributed by atoms with E-state index >= 15 is 0 Å². The molecule has 4 heteroatoms. The van der Waals surface area contributed by atoms with Crippen LogP contribution in [0.2, 0.25) is 0 Å². The van der Waals surface area contributed by atoms with Crippen molar-refractivity contribution in [3.05, 3.63) is 29.8 Å². The third kappa shape index (κ3) is 2.48. The van der Waals surface area contributed by atoms with Crippen LogP contribution in [0.25, 0.3) is 0 Å². The number of hydrogen-bond acceptors (Lipinski definition) is 3. The first kappa shape index (κ1) is 12.9. The Kier molecular flexibility index (Phi) is 3.87. The van der Waals surface area contributed by atoms with E-state index in [0.717, 1.165) is 24.2 Å². The molecule has 0 bridgehead atoms. The highest BCUT2D eigenvalue weighted by molar-refractivity contribution is 5.86. The molecule has 0 aliphatic carbocycles. The van der Waals surface area contributed by atoms with Gasteiger partial charge in [0.2, 0.25) is 5.91 Å². The summed E-state index contributed by atoms with van der Waals surface area (Å²) in [6.07, 6.45) is 0.820. The number of nitrogens with two attached hydrogens (primary N) is 1. The summed E-state index contributed by atoms with van der Waals surface area (Å²) >= 11 is 0. The Morgan fingerprint density at radius 2 is 2.11 bits per heavy atom. The smallest absolute Gasteiger partial charge is 0.242 e. The van der Waals surface area contributed by atoms with Crippen molar-refractivity contribution in [3.8, 4) is 0 Å². The second-order valence-corrected chi connectivity index (χ2v) is 4.79. The fourth-order valence-corrected chi connectivity index (χ4v) is 2.40. The first-order chi connectivity index (χ1) is 8.63. The van der Waals surface area contributed by atoms with Gasteiger partial charge >= 0.3 is 0 Å². The number of rotatable bonds is 3. The van der Waals surface area contributed by atoms with Gasteiger partial charge in [-0.15, -0.1) is 0 Å². The molecule has 1 aliphatic rings. The van der Waals surface area contributed by atoms with Gasteiger partial charge in [-0.3, -0.25) is 4.79 Å². The minimum absolute atomic E-state index is 0.0469. The van der Waals surface area contributed by atoms with Crippen LogP contribution in [-0.2, 0) is 4.79 Å². The van der Waals surface area contributed by atoms with Crippen molar-refractivity contribution in [3.63, 3.8) is 0 Å². The Morgan fingerprint density at radius 1 is 1.44 bits per heavy atom. The molecule has 0 spiro atoms. The average Bonchev–Trinajstić information content (AvgIpc) is 2.38. The maximum atomic E-state index is 11.8. The molecule has 18 heavy (non-hydrogen) atoms. The zero-order valence-corrected chi connectivity index (χ0v) is 11.0. The summed E-state index contributed by atoms with van der Waals surface area (Å²) in [5.74, 6) is 0.125. The molecule has 1 aromatic rings. The molecule has 1 saturated heterocycles. The second-order valence-electron chi connectivity index (χ2n) is 4.79. The van der Waals surface area contributed by atoms with Gasteiger partial charge in [-0.1, -0.05) is 19.1 Å². The number of nitrogens with zero attached hydrogens (tertiary/aromatic N) is 1. The molecular formula is C14H21N3O. The Morgan fingerprint density at radius 3 is 2.67 bits per heavy atom. The Labute approximate surface area is 108 Å². The molecular weight excluding hydrogens is 226 g/mol. The van der Waals surface area contributed by atoms with Crippen molar-refractivity contribution in [2.75, 3.05) is 18.0 Å². The zero-order valence-electron chi connectivity index (χ0n) is 11.0. The maximum absolute atomic E-state index is 11.8. The number of hydrogen-bond donors (Lipinski definition) is 2. The van der Waals surface area contributed by atoms with Gasteiger partial charge in [-0.05, 0) is 31.0 Å². The van der Waals surface area contributed by atoms with Crippen LogP contribution < -0.4 is 16.0 Å². The number of carbonyl (C=O) groups excluding carboxylic acids is 1. The molecule has 3 N–H and O–H groups in total. The van der Waals surface area contributed by atoms with E-state index in [1.54, 1.807) is 0 Å². The van der Waals surface area contributed by atoms with Crippen LogP contribution in [0.15, 0.2) is 24.3 Å². The van der Waals surface area contributed by atoms with Crippen LogP contribution in [0.3, 0.4) is 0 Å². The van der Waals surface area contributed by atoms with Crippen molar-refractivity contribution in [1.29, 1.82) is 0 Å². The maximum Gasteiger partial charge on any atom is 0.242 e. The highest BCUT2D eigenvalue weighted by Crippen LogP contribution is 2.22. The van der Waals surface area contributed by atoms with Crippen LogP contribution >= 0.6 is 0 Å². The van der Waals surface area contributed by atoms with Crippen LogP contribution in [0, 0.1) is 0 Å². The summed E-state index contributed by atoms with van der Waals surface area (Å²) in [6.45, 7) is 5.59. The molecule has 1 fully saturated rings. The minimum atomic E-state index is -0.0556. The molecule has 0 radical (unpaired) electrons. The summed E-state index contributed by atoms with van der Waals surface area (Å²) in [5.41, 5.74) is 8.06. The summed E-state index contributed by atoms with van der Waals surface area (Å²) in [6, 6.07) is 8.18. The van der Waals surface area contributed by atoms with Gasteiger partial charge < -0.3 is 16.0 Å². The summed E-state index contributed by atoms with van der Waals surface area (Å²) in [7, 11) is 0. The van der Waals surface area contributed by atoms with E-state index in [4.69, 9.17) is 5.73 Å². The normalized spacial score (nSPS) is 21.6. The van der Waals surface area contributed by atoms with Crippen LogP contribution in [0.1, 0.15) is 31.9 Å². The number of piperazine rings is 1. The summed E-state index contributed by atoms with van der Waals surface area (Å²) in [4.78, 5) is 14.0. The third-order valence-electron chi connectivity index (χ3n) is 3.47. The highest BCUT2D eigenvalue weighted by Gasteiger charge is 2.27. The molecule has 1 unspecified atom stereocenters. The molecule has 2 rings (SSSR count). The molecule has 0 aromatic heterocycles. The minimum Gasteiger partial charge on any atom is -0.358 e. The van der Waals surface area contributed by atoms with E-state index in [2.05, 4.69) is 22.3 Å². The standard InChI is InChI=1S/C14H21N3O/c1-3-13-14(18)16-8-9-17(13)12-6-4-11(5-7-12)10(2)15/h4-7,10,13H,3,8-9,15H2,1-2H3,(H,16,18)/t10-,13?/m0/s1. The predicted octanol–water partition coefficient (Wildman–Crippen LogP) is 1.42. The molecule has 1 aliphatic heterocycles. The van der Waals surface area contributed by atoms with Gasteiger partial charge in [-0.25, -0.2) is 0 Å². The topological polar surface area (TPSA) is 58.4 Å². The summed E-state index contributed by atoms with van der Waals surface area (Å²) < 4.78 is 0. The van der Waals surface area contributed by atoms with E-state index in [-0.39, 0.29) is 18.0 Å². The van der Waals surface area contributed by atoms with Crippen molar-refractivity contribution < 1.29 is 4.79 Å². The molecule has 4 nitrogen and oxygen atoms in total. The van der Waals surface area contributed by atoms with E-state index < -0.39 is 0 Å². The lowest BCUT2D eigenvalue weighted by Gasteiger charge is -2.36.